The number of aliphatic hydroxyl groups is 1. The second kappa shape index (κ2) is 4.23. The van der Waals surface area contributed by atoms with E-state index in [0.717, 1.165) is 0 Å². The maximum Gasteiger partial charge on any atom is 0.309 e. The van der Waals surface area contributed by atoms with Crippen LogP contribution in [0.1, 0.15) is 20.8 Å². The van der Waals surface area contributed by atoms with Gasteiger partial charge in [-0.3, -0.25) is 4.79 Å². The van der Waals surface area contributed by atoms with Crippen LogP contribution in [0.2, 0.25) is 0 Å². The Morgan fingerprint density at radius 2 is 1.92 bits per heavy atom. The molecule has 0 aromatic heterocycles. The first-order chi connectivity index (χ1) is 5.30. The number of rotatable bonds is 3. The molecule has 12 heavy (non-hydrogen) atoms. The molecule has 0 aliphatic carbocycles. The van der Waals surface area contributed by atoms with E-state index in [2.05, 4.69) is 15.9 Å². The van der Waals surface area contributed by atoms with Crippen molar-refractivity contribution in [2.24, 2.45) is 11.3 Å². The molecule has 2 N–H and O–H groups in total. The summed E-state index contributed by atoms with van der Waals surface area (Å²) in [5.41, 5.74) is -0.418. The van der Waals surface area contributed by atoms with Crippen molar-refractivity contribution in [1.82, 2.24) is 0 Å². The second-order valence-corrected chi connectivity index (χ2v) is 4.55. The highest BCUT2D eigenvalue weighted by Gasteiger charge is 2.36. The van der Waals surface area contributed by atoms with E-state index in [1.54, 1.807) is 20.8 Å². The summed E-state index contributed by atoms with van der Waals surface area (Å²) in [7, 11) is 0. The lowest BCUT2D eigenvalue weighted by Gasteiger charge is -2.29. The fourth-order valence-electron chi connectivity index (χ4n) is 1.20. The molecule has 0 aliphatic rings. The summed E-state index contributed by atoms with van der Waals surface area (Å²) in [5, 5.41) is 18.5. The summed E-state index contributed by atoms with van der Waals surface area (Å²) < 4.78 is 0. The number of carboxylic acid groups (broad SMARTS) is 1. The number of aliphatic hydroxyl groups excluding tert-OH is 1. The zero-order valence-corrected chi connectivity index (χ0v) is 9.13. The Labute approximate surface area is 80.9 Å². The van der Waals surface area contributed by atoms with Gasteiger partial charge >= 0.3 is 5.97 Å². The lowest BCUT2D eigenvalue weighted by Crippen LogP contribution is -2.39. The van der Waals surface area contributed by atoms with Gasteiger partial charge < -0.3 is 10.2 Å². The van der Waals surface area contributed by atoms with E-state index in [1.165, 1.54) is 0 Å². The predicted octanol–water partition coefficient (Wildman–Crippen LogP) is 1.49. The smallest absolute Gasteiger partial charge is 0.309 e. The van der Waals surface area contributed by atoms with Crippen molar-refractivity contribution in [3.05, 3.63) is 0 Å². The quantitative estimate of drug-likeness (QED) is 0.733. The Morgan fingerprint density at radius 3 is 2.00 bits per heavy atom. The van der Waals surface area contributed by atoms with Gasteiger partial charge in [0.2, 0.25) is 0 Å². The number of aliphatic carboxylic acids is 1. The lowest BCUT2D eigenvalue weighted by molar-refractivity contribution is -0.150. The van der Waals surface area contributed by atoms with Crippen molar-refractivity contribution in [3.8, 4) is 0 Å². The third kappa shape index (κ3) is 3.11. The van der Waals surface area contributed by atoms with Crippen LogP contribution in [0.25, 0.3) is 0 Å². The topological polar surface area (TPSA) is 57.5 Å². The standard InChI is InChI=1S/C8H15BrO3/c1-8(2,3)6(7(11)12)5(10)4-9/h5-6,10H,4H2,1-3H3,(H,11,12). The highest BCUT2D eigenvalue weighted by molar-refractivity contribution is 9.09. The maximum absolute atomic E-state index is 10.8. The minimum atomic E-state index is -0.950. The average molecular weight is 239 g/mol. The zero-order valence-electron chi connectivity index (χ0n) is 7.54. The van der Waals surface area contributed by atoms with Crippen molar-refractivity contribution in [2.45, 2.75) is 26.9 Å². The summed E-state index contributed by atoms with van der Waals surface area (Å²) in [5.74, 6) is -1.67. The fraction of sp³-hybridized carbons (Fsp3) is 0.875. The molecule has 0 spiro atoms. The highest BCUT2D eigenvalue weighted by atomic mass is 79.9. The molecule has 0 aromatic rings. The van der Waals surface area contributed by atoms with Gasteiger partial charge in [0, 0.05) is 5.33 Å². The van der Waals surface area contributed by atoms with Crippen LogP contribution in [0.15, 0.2) is 0 Å². The number of alkyl halides is 1. The third-order valence-electron chi connectivity index (χ3n) is 1.74. The minimum absolute atomic E-state index is 0.293. The van der Waals surface area contributed by atoms with E-state index >= 15 is 0 Å². The fourth-order valence-corrected chi connectivity index (χ4v) is 1.58. The highest BCUT2D eigenvalue weighted by Crippen LogP contribution is 2.29. The molecule has 0 amide bonds. The molecule has 2 unspecified atom stereocenters. The number of hydrogen-bond donors (Lipinski definition) is 2. The molecule has 0 saturated heterocycles. The first-order valence-electron chi connectivity index (χ1n) is 3.77. The Morgan fingerprint density at radius 1 is 1.50 bits per heavy atom. The van der Waals surface area contributed by atoms with Gasteiger partial charge in [0.1, 0.15) is 0 Å². The van der Waals surface area contributed by atoms with Gasteiger partial charge in [0.15, 0.2) is 0 Å². The van der Waals surface area contributed by atoms with Crippen LogP contribution in [-0.2, 0) is 4.79 Å². The van der Waals surface area contributed by atoms with Gasteiger partial charge in [-0.25, -0.2) is 0 Å². The lowest BCUT2D eigenvalue weighted by atomic mass is 9.78. The van der Waals surface area contributed by atoms with E-state index in [-0.39, 0.29) is 0 Å². The van der Waals surface area contributed by atoms with Crippen LogP contribution < -0.4 is 0 Å². The van der Waals surface area contributed by atoms with Crippen molar-refractivity contribution in [3.63, 3.8) is 0 Å². The van der Waals surface area contributed by atoms with Crippen LogP contribution in [0.3, 0.4) is 0 Å². The molecule has 0 aromatic carbocycles. The van der Waals surface area contributed by atoms with Crippen LogP contribution in [0.5, 0.6) is 0 Å². The van der Waals surface area contributed by atoms with Crippen molar-refractivity contribution in [2.75, 3.05) is 5.33 Å². The Bertz CT molecular complexity index is 162. The summed E-state index contributed by atoms with van der Waals surface area (Å²) in [6, 6.07) is 0. The van der Waals surface area contributed by atoms with Crippen LogP contribution in [0, 0.1) is 11.3 Å². The number of carbonyl (C=O) groups is 1. The zero-order chi connectivity index (χ0) is 9.94. The van der Waals surface area contributed by atoms with E-state index in [9.17, 15) is 9.90 Å². The normalized spacial score (nSPS) is 17.1. The van der Waals surface area contributed by atoms with Crippen molar-refractivity contribution < 1.29 is 15.0 Å². The van der Waals surface area contributed by atoms with E-state index in [4.69, 9.17) is 5.11 Å². The third-order valence-corrected chi connectivity index (χ3v) is 2.41. The van der Waals surface area contributed by atoms with Gasteiger partial charge in [-0.05, 0) is 5.41 Å². The molecular formula is C8H15BrO3. The number of hydrogen-bond acceptors (Lipinski definition) is 2. The molecule has 0 heterocycles. The van der Waals surface area contributed by atoms with Crippen molar-refractivity contribution in [1.29, 1.82) is 0 Å². The Hall–Kier alpha value is -0.0900. The number of halogens is 1. The second-order valence-electron chi connectivity index (χ2n) is 3.90. The first-order valence-corrected chi connectivity index (χ1v) is 4.89. The largest absolute Gasteiger partial charge is 0.481 e. The van der Waals surface area contributed by atoms with Crippen LogP contribution in [-0.4, -0.2) is 27.6 Å². The first kappa shape index (κ1) is 11.9. The summed E-state index contributed by atoms with van der Waals surface area (Å²) in [6.07, 6.45) is -0.831. The van der Waals surface area contributed by atoms with E-state index in [1.807, 2.05) is 0 Å². The summed E-state index contributed by atoms with van der Waals surface area (Å²) in [4.78, 5) is 10.8. The monoisotopic (exact) mass is 238 g/mol. The van der Waals surface area contributed by atoms with Crippen molar-refractivity contribution >= 4 is 21.9 Å². The average Bonchev–Trinajstić information content (AvgIpc) is 1.83. The molecule has 3 nitrogen and oxygen atoms in total. The van der Waals surface area contributed by atoms with E-state index in [0.29, 0.717) is 5.33 Å². The molecule has 4 heteroatoms. The van der Waals surface area contributed by atoms with Gasteiger partial charge in [-0.1, -0.05) is 36.7 Å². The Kier molecular flexibility index (Phi) is 4.20. The molecule has 0 rings (SSSR count). The van der Waals surface area contributed by atoms with Crippen LogP contribution >= 0.6 is 15.9 Å². The molecule has 0 radical (unpaired) electrons. The van der Waals surface area contributed by atoms with Gasteiger partial charge in [0.25, 0.3) is 0 Å². The summed E-state index contributed by atoms with van der Waals surface area (Å²) >= 11 is 3.06. The Balaban J connectivity index is 4.56. The summed E-state index contributed by atoms with van der Waals surface area (Å²) in [6.45, 7) is 5.41. The minimum Gasteiger partial charge on any atom is -0.481 e. The molecule has 0 bridgehead atoms. The predicted molar refractivity (Wildman–Crippen MR) is 50.4 cm³/mol. The van der Waals surface area contributed by atoms with Crippen LogP contribution in [0.4, 0.5) is 0 Å². The maximum atomic E-state index is 10.8. The molecule has 0 aliphatic heterocycles. The SMILES string of the molecule is CC(C)(C)C(C(=O)O)C(O)CBr. The molecule has 0 saturated carbocycles. The van der Waals surface area contributed by atoms with Gasteiger partial charge in [0.05, 0.1) is 12.0 Å². The van der Waals surface area contributed by atoms with Gasteiger partial charge in [-0.15, -0.1) is 0 Å². The van der Waals surface area contributed by atoms with E-state index < -0.39 is 23.4 Å². The number of carboxylic acids is 1. The molecule has 72 valence electrons. The van der Waals surface area contributed by atoms with Gasteiger partial charge in [-0.2, -0.15) is 0 Å². The molecule has 2 atom stereocenters. The molecule has 0 fully saturated rings. The molecular weight excluding hydrogens is 224 g/mol.